The predicted molar refractivity (Wildman–Crippen MR) is 132 cm³/mol. The fourth-order valence-electron chi connectivity index (χ4n) is 3.17. The van der Waals surface area contributed by atoms with E-state index in [1.54, 1.807) is 13.8 Å². The third-order valence-electron chi connectivity index (χ3n) is 4.91. The maximum Gasteiger partial charge on any atom is 0.266 e. The van der Waals surface area contributed by atoms with Crippen molar-refractivity contribution < 1.29 is 13.2 Å². The number of nitrogens with zero attached hydrogens (tertiary/aromatic N) is 3. The smallest absolute Gasteiger partial charge is 0.266 e. The minimum Gasteiger partial charge on any atom is -0.321 e. The van der Waals surface area contributed by atoms with Crippen LogP contribution in [0.5, 0.6) is 0 Å². The summed E-state index contributed by atoms with van der Waals surface area (Å²) in [4.78, 5) is 20.8. The monoisotopic (exact) mass is 475 g/mol. The number of aromatic nitrogens is 2. The van der Waals surface area contributed by atoms with Gasteiger partial charge >= 0.3 is 0 Å². The van der Waals surface area contributed by atoms with Crippen molar-refractivity contribution in [2.24, 2.45) is 0 Å². The highest BCUT2D eigenvalue weighted by Gasteiger charge is 2.16. The normalized spacial score (nSPS) is 11.7. The Hall–Kier alpha value is -4.03. The minimum absolute atomic E-state index is 0.000656. The van der Waals surface area contributed by atoms with Crippen LogP contribution in [0.4, 0.5) is 11.5 Å². The second kappa shape index (κ2) is 10.3. The zero-order valence-corrected chi connectivity index (χ0v) is 20.1. The van der Waals surface area contributed by atoms with Crippen LogP contribution >= 0.6 is 0 Å². The molecule has 8 nitrogen and oxygen atoms in total. The van der Waals surface area contributed by atoms with Crippen LogP contribution in [0.2, 0.25) is 0 Å². The van der Waals surface area contributed by atoms with Gasteiger partial charge in [0.25, 0.3) is 15.9 Å². The molecule has 0 aliphatic rings. The molecule has 1 amide bonds. The lowest BCUT2D eigenvalue weighted by atomic mass is 10.0. The number of benzene rings is 2. The van der Waals surface area contributed by atoms with Gasteiger partial charge in [0.15, 0.2) is 0 Å². The molecular formula is C25H25N5O3S. The van der Waals surface area contributed by atoms with Crippen LogP contribution in [0.15, 0.2) is 65.1 Å². The zero-order chi connectivity index (χ0) is 24.9. The van der Waals surface area contributed by atoms with Crippen molar-refractivity contribution in [2.75, 3.05) is 10.0 Å². The number of hydrogen-bond acceptors (Lipinski definition) is 6. The number of hydrogen-bond donors (Lipinski definition) is 2. The van der Waals surface area contributed by atoms with Gasteiger partial charge in [-0.05, 0) is 61.2 Å². The SMILES string of the molecule is Cc1cc(NS(=O)(=O)c2ccc(NC(=O)C(C#N)=Cc3ccc(C(C)C)cc3)cc2)nc(C)n1. The molecule has 174 valence electrons. The first-order valence-electron chi connectivity index (χ1n) is 10.6. The van der Waals surface area contributed by atoms with Gasteiger partial charge in [-0.15, -0.1) is 0 Å². The molecule has 1 aromatic heterocycles. The van der Waals surface area contributed by atoms with E-state index in [1.807, 2.05) is 30.3 Å². The third kappa shape index (κ3) is 6.27. The summed E-state index contributed by atoms with van der Waals surface area (Å²) in [7, 11) is -3.88. The molecule has 2 aromatic carbocycles. The first kappa shape index (κ1) is 24.6. The third-order valence-corrected chi connectivity index (χ3v) is 6.28. The summed E-state index contributed by atoms with van der Waals surface area (Å²) in [6.07, 6.45) is 1.51. The molecule has 9 heteroatoms. The lowest BCUT2D eigenvalue weighted by Crippen LogP contribution is -2.16. The van der Waals surface area contributed by atoms with Gasteiger partial charge in [-0.1, -0.05) is 38.1 Å². The molecule has 0 saturated heterocycles. The van der Waals surface area contributed by atoms with E-state index in [-0.39, 0.29) is 16.3 Å². The highest BCUT2D eigenvalue weighted by Crippen LogP contribution is 2.19. The first-order chi connectivity index (χ1) is 16.1. The van der Waals surface area contributed by atoms with E-state index in [9.17, 15) is 18.5 Å². The molecule has 1 heterocycles. The summed E-state index contributed by atoms with van der Waals surface area (Å²) in [5.74, 6) is 0.421. The average Bonchev–Trinajstić information content (AvgIpc) is 2.77. The Bertz CT molecular complexity index is 1350. The second-order valence-corrected chi connectivity index (χ2v) is 9.70. The number of carbonyl (C=O) groups excluding carboxylic acids is 1. The van der Waals surface area contributed by atoms with E-state index in [1.165, 1.54) is 36.4 Å². The van der Waals surface area contributed by atoms with Gasteiger partial charge in [-0.3, -0.25) is 9.52 Å². The van der Waals surface area contributed by atoms with Crippen LogP contribution in [0.3, 0.4) is 0 Å². The van der Waals surface area contributed by atoms with Crippen molar-refractivity contribution in [1.82, 2.24) is 9.97 Å². The average molecular weight is 476 g/mol. The maximum absolute atomic E-state index is 12.7. The molecule has 3 aromatic rings. The van der Waals surface area contributed by atoms with Crippen LogP contribution in [-0.2, 0) is 14.8 Å². The van der Waals surface area contributed by atoms with E-state index in [2.05, 4.69) is 33.9 Å². The van der Waals surface area contributed by atoms with Crippen molar-refractivity contribution in [1.29, 1.82) is 5.26 Å². The van der Waals surface area contributed by atoms with E-state index in [0.29, 0.717) is 23.1 Å². The second-order valence-electron chi connectivity index (χ2n) is 8.02. The summed E-state index contributed by atoms with van der Waals surface area (Å²) in [5.41, 5.74) is 2.83. The molecule has 0 fully saturated rings. The molecule has 34 heavy (non-hydrogen) atoms. The van der Waals surface area contributed by atoms with Gasteiger partial charge in [-0.2, -0.15) is 5.26 Å². The van der Waals surface area contributed by atoms with Gasteiger partial charge in [0.05, 0.1) is 4.90 Å². The topological polar surface area (TPSA) is 125 Å². The van der Waals surface area contributed by atoms with Gasteiger partial charge in [0, 0.05) is 17.4 Å². The van der Waals surface area contributed by atoms with Crippen LogP contribution in [0.25, 0.3) is 6.08 Å². The van der Waals surface area contributed by atoms with Crippen molar-refractivity contribution in [3.8, 4) is 6.07 Å². The molecule has 2 N–H and O–H groups in total. The standard InChI is InChI=1S/C25H25N5O3S/c1-16(2)20-7-5-19(6-8-20)14-21(15-26)25(31)29-22-9-11-23(12-10-22)34(32,33)30-24-13-17(3)27-18(4)28-24/h5-14,16H,1-4H3,(H,29,31)(H,27,28,30). The van der Waals surface area contributed by atoms with Crippen molar-refractivity contribution in [3.05, 3.63) is 82.8 Å². The first-order valence-corrected chi connectivity index (χ1v) is 12.0. The number of anilines is 2. The maximum atomic E-state index is 12.7. The lowest BCUT2D eigenvalue weighted by Gasteiger charge is -2.10. The molecular weight excluding hydrogens is 450 g/mol. The lowest BCUT2D eigenvalue weighted by molar-refractivity contribution is -0.112. The molecule has 0 aliphatic carbocycles. The Morgan fingerprint density at radius 3 is 2.24 bits per heavy atom. The van der Waals surface area contributed by atoms with Crippen LogP contribution in [0.1, 0.15) is 42.4 Å². The summed E-state index contributed by atoms with van der Waals surface area (Å²) in [6, 6.07) is 16.7. The highest BCUT2D eigenvalue weighted by molar-refractivity contribution is 7.92. The molecule has 0 bridgehead atoms. The highest BCUT2D eigenvalue weighted by atomic mass is 32.2. The Morgan fingerprint density at radius 2 is 1.68 bits per heavy atom. The Kier molecular flexibility index (Phi) is 7.44. The molecule has 0 radical (unpaired) electrons. The van der Waals surface area contributed by atoms with Gasteiger partial charge in [0.1, 0.15) is 23.3 Å². The van der Waals surface area contributed by atoms with E-state index in [4.69, 9.17) is 0 Å². The molecule has 0 unspecified atom stereocenters. The summed E-state index contributed by atoms with van der Waals surface area (Å²) < 4.78 is 27.8. The van der Waals surface area contributed by atoms with E-state index in [0.717, 1.165) is 11.1 Å². The molecule has 3 rings (SSSR count). The molecule has 0 atom stereocenters. The number of amides is 1. The zero-order valence-electron chi connectivity index (χ0n) is 19.3. The molecule has 0 saturated carbocycles. The van der Waals surface area contributed by atoms with Gasteiger partial charge < -0.3 is 5.32 Å². The largest absolute Gasteiger partial charge is 0.321 e. The number of carbonyl (C=O) groups is 1. The Balaban J connectivity index is 1.72. The number of nitrogens with one attached hydrogen (secondary N) is 2. The predicted octanol–water partition coefficient (Wildman–Crippen LogP) is 4.56. The Labute approximate surface area is 199 Å². The van der Waals surface area contributed by atoms with Crippen LogP contribution in [-0.4, -0.2) is 24.3 Å². The summed E-state index contributed by atoms with van der Waals surface area (Å²) in [6.45, 7) is 7.59. The quantitative estimate of drug-likeness (QED) is 0.381. The molecule has 0 spiro atoms. The van der Waals surface area contributed by atoms with Crippen LogP contribution < -0.4 is 10.0 Å². The minimum atomic E-state index is -3.88. The van der Waals surface area contributed by atoms with Crippen molar-refractivity contribution in [2.45, 2.75) is 38.5 Å². The number of sulfonamides is 1. The number of aryl methyl sites for hydroxylation is 2. The fraction of sp³-hybridized carbons (Fsp3) is 0.200. The summed E-state index contributed by atoms with van der Waals surface area (Å²) in [5, 5.41) is 12.1. The van der Waals surface area contributed by atoms with E-state index < -0.39 is 15.9 Å². The van der Waals surface area contributed by atoms with Crippen LogP contribution in [0, 0.1) is 25.2 Å². The van der Waals surface area contributed by atoms with Gasteiger partial charge in [0.2, 0.25) is 0 Å². The number of nitriles is 1. The van der Waals surface area contributed by atoms with Crippen molar-refractivity contribution in [3.63, 3.8) is 0 Å². The number of rotatable bonds is 7. The van der Waals surface area contributed by atoms with E-state index >= 15 is 0 Å². The molecule has 0 aliphatic heterocycles. The van der Waals surface area contributed by atoms with Gasteiger partial charge in [-0.25, -0.2) is 18.4 Å². The summed E-state index contributed by atoms with van der Waals surface area (Å²) >= 11 is 0. The van der Waals surface area contributed by atoms with Crippen molar-refractivity contribution >= 4 is 33.5 Å². The Morgan fingerprint density at radius 1 is 1.03 bits per heavy atom. The fourth-order valence-corrected chi connectivity index (χ4v) is 4.17.